The average molecular weight is 214 g/mol. The molecule has 0 spiro atoms. The first-order chi connectivity index (χ1) is 6.72. The second-order valence-electron chi connectivity index (χ2n) is 3.29. The Kier molecular flexibility index (Phi) is 4.97. The molecule has 0 amide bonds. The zero-order valence-corrected chi connectivity index (χ0v) is 9.43. The highest BCUT2D eigenvalue weighted by atomic mass is 32.2. The fourth-order valence-corrected chi connectivity index (χ4v) is 1.96. The minimum Gasteiger partial charge on any atom is -0.298 e. The van der Waals surface area contributed by atoms with Crippen LogP contribution in [-0.4, -0.2) is 22.9 Å². The van der Waals surface area contributed by atoms with Crippen molar-refractivity contribution < 1.29 is 4.79 Å². The van der Waals surface area contributed by atoms with Crippen molar-refractivity contribution in [2.75, 3.05) is 6.54 Å². The van der Waals surface area contributed by atoms with Gasteiger partial charge >= 0.3 is 0 Å². The molecule has 0 aliphatic carbocycles. The molecule has 0 aromatic carbocycles. The molecule has 1 saturated heterocycles. The van der Waals surface area contributed by atoms with Gasteiger partial charge in [0.1, 0.15) is 6.54 Å². The van der Waals surface area contributed by atoms with Crippen molar-refractivity contribution in [3.63, 3.8) is 0 Å². The van der Waals surface area contributed by atoms with Gasteiger partial charge in [0.05, 0.1) is 5.37 Å². The van der Waals surface area contributed by atoms with Crippen LogP contribution >= 0.6 is 11.8 Å². The molecule has 1 heterocycles. The predicted molar refractivity (Wildman–Crippen MR) is 59.2 cm³/mol. The van der Waals surface area contributed by atoms with Crippen molar-refractivity contribution in [3.05, 3.63) is 0 Å². The fraction of sp³-hybridized carbons (Fsp3) is 0.778. The van der Waals surface area contributed by atoms with Crippen LogP contribution in [0.15, 0.2) is 4.99 Å². The molecule has 1 aliphatic heterocycles. The van der Waals surface area contributed by atoms with Gasteiger partial charge in [0.25, 0.3) is 0 Å². The Labute approximate surface area is 88.9 Å². The van der Waals surface area contributed by atoms with Crippen LogP contribution in [0.1, 0.15) is 33.1 Å². The molecule has 79 valence electrons. The summed E-state index contributed by atoms with van der Waals surface area (Å²) in [6.45, 7) is 3.95. The van der Waals surface area contributed by atoms with Gasteiger partial charge < -0.3 is 0 Å². The molecule has 1 aliphatic rings. The van der Waals surface area contributed by atoms with Crippen LogP contribution in [0, 0.1) is 0 Å². The number of nitrogens with zero attached hydrogens (tertiary/aromatic N) is 2. The summed E-state index contributed by atoms with van der Waals surface area (Å²) in [5, 5.41) is 1.06. The number of Topliss-reactive ketones (excluding diaryl/α,β-unsaturated/α-hetero) is 1. The van der Waals surface area contributed by atoms with Crippen molar-refractivity contribution in [2.45, 2.75) is 38.5 Å². The highest BCUT2D eigenvalue weighted by molar-refractivity contribution is 8.14. The number of nitrogens with one attached hydrogen (secondary N) is 1. The van der Waals surface area contributed by atoms with Gasteiger partial charge in [-0.25, -0.2) is 0 Å². The van der Waals surface area contributed by atoms with E-state index in [0.717, 1.165) is 6.42 Å². The van der Waals surface area contributed by atoms with Crippen molar-refractivity contribution >= 4 is 22.7 Å². The van der Waals surface area contributed by atoms with Crippen LogP contribution in [0.4, 0.5) is 0 Å². The Morgan fingerprint density at radius 1 is 1.71 bits per heavy atom. The van der Waals surface area contributed by atoms with Crippen LogP contribution in [0.25, 0.3) is 0 Å². The van der Waals surface area contributed by atoms with E-state index < -0.39 is 0 Å². The Morgan fingerprint density at radius 2 is 2.50 bits per heavy atom. The molecule has 5 heteroatoms. The molecule has 1 atom stereocenters. The zero-order chi connectivity index (χ0) is 10.4. The van der Waals surface area contributed by atoms with E-state index in [-0.39, 0.29) is 12.3 Å². The Balaban J connectivity index is 2.26. The summed E-state index contributed by atoms with van der Waals surface area (Å²) in [5.41, 5.74) is 7.06. The van der Waals surface area contributed by atoms with E-state index in [0.29, 0.717) is 10.5 Å². The van der Waals surface area contributed by atoms with E-state index in [2.05, 4.69) is 22.8 Å². The van der Waals surface area contributed by atoms with Gasteiger partial charge in [-0.1, -0.05) is 31.5 Å². The lowest BCUT2D eigenvalue weighted by atomic mass is 10.2. The molecule has 0 bridgehead atoms. The summed E-state index contributed by atoms with van der Waals surface area (Å²) in [7, 11) is 0. The van der Waals surface area contributed by atoms with Crippen molar-refractivity contribution in [2.24, 2.45) is 4.99 Å². The highest BCUT2D eigenvalue weighted by Gasteiger charge is 2.21. The largest absolute Gasteiger partial charge is 0.298 e. The molecular formula is C9H16N3OS. The second-order valence-corrected chi connectivity index (χ2v) is 4.46. The average Bonchev–Trinajstić information content (AvgIpc) is 2.59. The number of thioether (sulfide) groups is 1. The van der Waals surface area contributed by atoms with Gasteiger partial charge in [0, 0.05) is 0 Å². The SMILES string of the molecule is CCCCC1N[N]C(=NCC(C)=O)S1. The van der Waals surface area contributed by atoms with Gasteiger partial charge in [-0.05, 0) is 13.3 Å². The maximum absolute atomic E-state index is 10.7. The normalized spacial score (nSPS) is 23.9. The lowest BCUT2D eigenvalue weighted by Gasteiger charge is -2.03. The Bertz CT molecular complexity index is 230. The van der Waals surface area contributed by atoms with Crippen molar-refractivity contribution in [1.29, 1.82) is 0 Å². The zero-order valence-electron chi connectivity index (χ0n) is 8.62. The van der Waals surface area contributed by atoms with Gasteiger partial charge in [-0.15, -0.1) is 0 Å². The van der Waals surface area contributed by atoms with Crippen molar-refractivity contribution in [1.82, 2.24) is 10.9 Å². The number of hydrogen-bond acceptors (Lipinski definition) is 4. The second kappa shape index (κ2) is 6.03. The smallest absolute Gasteiger partial charge is 0.198 e. The van der Waals surface area contributed by atoms with Crippen LogP contribution in [0.3, 0.4) is 0 Å². The number of carbonyl (C=O) groups excluding carboxylic acids is 1. The van der Waals surface area contributed by atoms with Crippen LogP contribution in [-0.2, 0) is 4.79 Å². The number of unbranched alkanes of at least 4 members (excludes halogenated alkanes) is 1. The predicted octanol–water partition coefficient (Wildman–Crippen LogP) is 1.30. The van der Waals surface area contributed by atoms with Gasteiger partial charge in [0.2, 0.25) is 0 Å². The van der Waals surface area contributed by atoms with Crippen LogP contribution in [0.2, 0.25) is 0 Å². The van der Waals surface area contributed by atoms with Gasteiger partial charge in [0.15, 0.2) is 11.0 Å². The summed E-state index contributed by atoms with van der Waals surface area (Å²) in [4.78, 5) is 14.8. The first-order valence-corrected chi connectivity index (χ1v) is 5.77. The molecule has 4 nitrogen and oxygen atoms in total. The molecule has 0 saturated carbocycles. The number of amidine groups is 1. The quantitative estimate of drug-likeness (QED) is 0.750. The molecule has 14 heavy (non-hydrogen) atoms. The molecule has 0 aromatic rings. The summed E-state index contributed by atoms with van der Waals surface area (Å²) < 4.78 is 0. The Morgan fingerprint density at radius 3 is 3.14 bits per heavy atom. The van der Waals surface area contributed by atoms with E-state index in [4.69, 9.17) is 0 Å². The number of ketones is 1. The number of hydrogen-bond donors (Lipinski definition) is 1. The number of aliphatic imine (C=N–C) groups is 1. The first-order valence-electron chi connectivity index (χ1n) is 4.89. The standard InChI is InChI=1S/C9H16N3OS/c1-3-4-5-8-11-12-9(14-8)10-6-7(2)13/h8,11H,3-6H2,1-2H3. The van der Waals surface area contributed by atoms with Crippen molar-refractivity contribution in [3.8, 4) is 0 Å². The summed E-state index contributed by atoms with van der Waals surface area (Å²) in [5.74, 6) is 0.0744. The van der Waals surface area contributed by atoms with Gasteiger partial charge in [-0.2, -0.15) is 10.9 Å². The van der Waals surface area contributed by atoms with E-state index in [1.165, 1.54) is 19.8 Å². The number of rotatable bonds is 5. The molecule has 0 aromatic heterocycles. The fourth-order valence-electron chi connectivity index (χ4n) is 1.07. The maximum atomic E-state index is 10.7. The Hall–Kier alpha value is -0.550. The van der Waals surface area contributed by atoms with E-state index in [1.807, 2.05) is 0 Å². The lowest BCUT2D eigenvalue weighted by Crippen LogP contribution is -2.25. The molecule has 1 N–H and O–H groups in total. The topological polar surface area (TPSA) is 55.6 Å². The lowest BCUT2D eigenvalue weighted by molar-refractivity contribution is -0.115. The maximum Gasteiger partial charge on any atom is 0.198 e. The summed E-state index contributed by atoms with van der Waals surface area (Å²) in [6.07, 6.45) is 3.49. The highest BCUT2D eigenvalue weighted by Crippen LogP contribution is 2.20. The minimum absolute atomic E-state index is 0.0744. The van der Waals surface area contributed by atoms with E-state index in [1.54, 1.807) is 11.8 Å². The third-order valence-corrected chi connectivity index (χ3v) is 2.87. The third kappa shape index (κ3) is 4.11. The molecule has 1 rings (SSSR count). The molecular weight excluding hydrogens is 198 g/mol. The van der Waals surface area contributed by atoms with Crippen LogP contribution in [0.5, 0.6) is 0 Å². The monoisotopic (exact) mass is 214 g/mol. The van der Waals surface area contributed by atoms with E-state index >= 15 is 0 Å². The molecule has 1 fully saturated rings. The molecule has 1 radical (unpaired) electrons. The number of carbonyl (C=O) groups is 1. The molecule has 1 unspecified atom stereocenters. The minimum atomic E-state index is 0.0744. The first kappa shape index (κ1) is 11.5. The van der Waals surface area contributed by atoms with E-state index in [9.17, 15) is 4.79 Å². The summed E-state index contributed by atoms with van der Waals surface area (Å²) >= 11 is 1.61. The summed E-state index contributed by atoms with van der Waals surface area (Å²) in [6, 6.07) is 0. The van der Waals surface area contributed by atoms with Gasteiger partial charge in [-0.3, -0.25) is 9.79 Å². The van der Waals surface area contributed by atoms with Crippen LogP contribution < -0.4 is 10.9 Å². The third-order valence-electron chi connectivity index (χ3n) is 1.81.